The van der Waals surface area contributed by atoms with Gasteiger partial charge in [0.25, 0.3) is 5.91 Å². The summed E-state index contributed by atoms with van der Waals surface area (Å²) in [5.74, 6) is 0.574. The number of hydrogen-bond acceptors (Lipinski definition) is 4. The fourth-order valence-corrected chi connectivity index (χ4v) is 6.32. The highest BCUT2D eigenvalue weighted by Gasteiger charge is 2.56. The Morgan fingerprint density at radius 2 is 1.80 bits per heavy atom. The summed E-state index contributed by atoms with van der Waals surface area (Å²) >= 11 is 0. The van der Waals surface area contributed by atoms with Crippen molar-refractivity contribution in [2.75, 3.05) is 26.7 Å². The Balaban J connectivity index is 1.42. The first-order chi connectivity index (χ1) is 19.7. The van der Waals surface area contributed by atoms with Gasteiger partial charge in [-0.1, -0.05) is 36.4 Å². The summed E-state index contributed by atoms with van der Waals surface area (Å²) in [5, 5.41) is 1.03. The van der Waals surface area contributed by atoms with Crippen LogP contribution in [0, 0.1) is 5.82 Å². The third-order valence-corrected chi connectivity index (χ3v) is 8.35. The van der Waals surface area contributed by atoms with Crippen LogP contribution in [-0.4, -0.2) is 59.4 Å². The summed E-state index contributed by atoms with van der Waals surface area (Å²) in [7, 11) is 1.62. The minimum Gasteiger partial charge on any atom is -0.493 e. The number of H-pyrrole nitrogens is 1. The molecule has 2 amide bonds. The van der Waals surface area contributed by atoms with Crippen LogP contribution >= 0.6 is 0 Å². The number of nitrogens with zero attached hydrogens (tertiary/aromatic N) is 2. The van der Waals surface area contributed by atoms with Crippen LogP contribution < -0.4 is 9.47 Å². The molecule has 1 aromatic heterocycles. The van der Waals surface area contributed by atoms with Gasteiger partial charge >= 0.3 is 0 Å². The number of nitrogens with one attached hydrogen (secondary N) is 1. The summed E-state index contributed by atoms with van der Waals surface area (Å²) in [6.45, 7) is 6.51. The topological polar surface area (TPSA) is 74.9 Å². The predicted molar refractivity (Wildman–Crippen MR) is 155 cm³/mol. The molecule has 6 rings (SSSR count). The number of benzene rings is 3. The molecule has 2 atom stereocenters. The molecule has 2 aliphatic rings. The molecule has 3 aromatic carbocycles. The van der Waals surface area contributed by atoms with E-state index in [2.05, 4.69) is 11.1 Å². The monoisotopic (exact) mass is 555 g/mol. The van der Waals surface area contributed by atoms with Crippen molar-refractivity contribution in [1.82, 2.24) is 14.8 Å². The minimum atomic E-state index is -1.19. The Kier molecular flexibility index (Phi) is 6.72. The van der Waals surface area contributed by atoms with Gasteiger partial charge in [-0.25, -0.2) is 4.39 Å². The first-order valence-electron chi connectivity index (χ1n) is 14.0. The van der Waals surface area contributed by atoms with E-state index in [1.54, 1.807) is 29.0 Å². The van der Waals surface area contributed by atoms with E-state index in [0.29, 0.717) is 31.0 Å². The lowest BCUT2D eigenvalue weighted by atomic mass is 9.76. The molecule has 1 fully saturated rings. The third kappa shape index (κ3) is 4.51. The maximum absolute atomic E-state index is 14.2. The highest BCUT2D eigenvalue weighted by Crippen LogP contribution is 2.49. The smallest absolute Gasteiger partial charge is 0.254 e. The molecule has 0 bridgehead atoms. The number of amides is 2. The van der Waals surface area contributed by atoms with Gasteiger partial charge in [0.1, 0.15) is 5.82 Å². The van der Waals surface area contributed by atoms with E-state index in [4.69, 9.17) is 9.47 Å². The molecule has 1 saturated heterocycles. The second kappa shape index (κ2) is 10.3. The third-order valence-electron chi connectivity index (χ3n) is 8.35. The van der Waals surface area contributed by atoms with Crippen LogP contribution in [0.25, 0.3) is 10.9 Å². The summed E-state index contributed by atoms with van der Waals surface area (Å²) in [4.78, 5) is 34.9. The Bertz CT molecular complexity index is 1630. The summed E-state index contributed by atoms with van der Waals surface area (Å²) < 4.78 is 25.0. The van der Waals surface area contributed by atoms with Gasteiger partial charge in [-0.15, -0.1) is 0 Å². The highest BCUT2D eigenvalue weighted by molar-refractivity contribution is 6.01. The minimum absolute atomic E-state index is 0.00237. The maximum atomic E-state index is 14.2. The van der Waals surface area contributed by atoms with Crippen molar-refractivity contribution in [2.45, 2.75) is 44.8 Å². The molecule has 41 heavy (non-hydrogen) atoms. The molecule has 212 valence electrons. The molecular weight excluding hydrogens is 521 g/mol. The molecule has 0 saturated carbocycles. The number of fused-ring (bicyclic) bond motifs is 5. The van der Waals surface area contributed by atoms with E-state index >= 15 is 0 Å². The van der Waals surface area contributed by atoms with Gasteiger partial charge in [0.05, 0.1) is 25.5 Å². The Labute approximate surface area is 238 Å². The molecule has 7 nitrogen and oxygen atoms in total. The molecular formula is C33H34FN3O4. The molecule has 0 spiro atoms. The van der Waals surface area contributed by atoms with Gasteiger partial charge in [-0.2, -0.15) is 0 Å². The average Bonchev–Trinajstić information content (AvgIpc) is 3.36. The number of hydrogen-bond donors (Lipinski definition) is 1. The first-order valence-corrected chi connectivity index (χ1v) is 14.0. The molecule has 2 aliphatic heterocycles. The van der Waals surface area contributed by atoms with Crippen LogP contribution in [-0.2, 0) is 21.5 Å². The second-order valence-corrected chi connectivity index (χ2v) is 11.3. The zero-order valence-electron chi connectivity index (χ0n) is 23.7. The lowest BCUT2D eigenvalue weighted by molar-refractivity contribution is -0.166. The van der Waals surface area contributed by atoms with Gasteiger partial charge < -0.3 is 24.3 Å². The molecule has 0 radical (unpaired) electrons. The van der Waals surface area contributed by atoms with E-state index in [1.807, 2.05) is 57.2 Å². The lowest BCUT2D eigenvalue weighted by Crippen LogP contribution is -2.67. The first kappa shape index (κ1) is 26.9. The van der Waals surface area contributed by atoms with Crippen LogP contribution in [0.4, 0.5) is 4.39 Å². The second-order valence-electron chi connectivity index (χ2n) is 11.3. The van der Waals surface area contributed by atoms with Crippen LogP contribution in [0.3, 0.4) is 0 Å². The number of ether oxygens (including phenoxy) is 2. The lowest BCUT2D eigenvalue weighted by Gasteiger charge is -2.51. The quantitative estimate of drug-likeness (QED) is 0.333. The van der Waals surface area contributed by atoms with E-state index in [9.17, 15) is 14.0 Å². The number of piperazine rings is 1. The number of halogens is 1. The predicted octanol–water partition coefficient (Wildman–Crippen LogP) is 5.38. The van der Waals surface area contributed by atoms with Crippen LogP contribution in [0.1, 0.15) is 49.1 Å². The van der Waals surface area contributed by atoms with E-state index in [0.717, 1.165) is 33.3 Å². The van der Waals surface area contributed by atoms with Gasteiger partial charge in [0.15, 0.2) is 17.0 Å². The van der Waals surface area contributed by atoms with Crippen molar-refractivity contribution in [2.24, 2.45) is 0 Å². The number of carbonyl (C=O) groups is 2. The van der Waals surface area contributed by atoms with Crippen molar-refractivity contribution in [1.29, 1.82) is 0 Å². The fraction of sp³-hybridized carbons (Fsp3) is 0.333. The van der Waals surface area contributed by atoms with Crippen molar-refractivity contribution in [3.8, 4) is 11.5 Å². The Hall–Kier alpha value is -4.33. The number of carbonyl (C=O) groups excluding carboxylic acids is 2. The fourth-order valence-electron chi connectivity index (χ4n) is 6.32. The Morgan fingerprint density at radius 3 is 2.54 bits per heavy atom. The number of para-hydroxylation sites is 1. The summed E-state index contributed by atoms with van der Waals surface area (Å²) in [6.07, 6.45) is 0.524. The van der Waals surface area contributed by atoms with Gasteiger partial charge in [0, 0.05) is 29.9 Å². The van der Waals surface area contributed by atoms with Crippen molar-refractivity contribution >= 4 is 22.7 Å². The molecule has 4 aromatic rings. The zero-order valence-corrected chi connectivity index (χ0v) is 23.7. The molecule has 1 unspecified atom stereocenters. The van der Waals surface area contributed by atoms with Gasteiger partial charge in [-0.3, -0.25) is 9.59 Å². The van der Waals surface area contributed by atoms with Crippen molar-refractivity contribution in [3.63, 3.8) is 0 Å². The molecule has 1 N–H and O–H groups in total. The normalized spacial score (nSPS) is 20.4. The number of methoxy groups -OCH3 is 1. The summed E-state index contributed by atoms with van der Waals surface area (Å²) in [5.41, 5.74) is 3.37. The van der Waals surface area contributed by atoms with Crippen LogP contribution in [0.2, 0.25) is 0 Å². The zero-order chi connectivity index (χ0) is 28.9. The van der Waals surface area contributed by atoms with Crippen LogP contribution in [0.15, 0.2) is 66.7 Å². The summed E-state index contributed by atoms with van der Waals surface area (Å²) in [6, 6.07) is 20.2. The van der Waals surface area contributed by atoms with Crippen molar-refractivity contribution < 1.29 is 23.5 Å². The van der Waals surface area contributed by atoms with E-state index < -0.39 is 5.54 Å². The van der Waals surface area contributed by atoms with Gasteiger partial charge in [0.2, 0.25) is 5.91 Å². The molecule has 3 heterocycles. The number of aromatic nitrogens is 1. The maximum Gasteiger partial charge on any atom is 0.254 e. The van der Waals surface area contributed by atoms with E-state index in [1.165, 1.54) is 12.1 Å². The van der Waals surface area contributed by atoms with Crippen LogP contribution in [0.5, 0.6) is 11.5 Å². The number of aromatic amines is 1. The molecule has 0 aliphatic carbocycles. The largest absolute Gasteiger partial charge is 0.493 e. The standard InChI is InChI=1S/C33H34FN3O4/c1-20(2)41-27-14-11-22(17-28(27)40-4)25-18-37-29(38)19-36(16-15-21-9-12-23(34)13-10-21)32(39)33(37,3)31-30(25)24-7-5-6-8-26(24)35-31/h5-14,17,20,25,35H,15-16,18-19H2,1-4H3/t25?,33-/m0/s1. The SMILES string of the molecule is COc1cc(C2CN3C(=O)CN(CCc4ccc(F)cc4)C(=O)[C@]3(C)c3[nH]c4ccccc4c32)ccc1OC(C)C. The van der Waals surface area contributed by atoms with E-state index in [-0.39, 0.29) is 36.2 Å². The average molecular weight is 556 g/mol. The van der Waals surface area contributed by atoms with Crippen molar-refractivity contribution in [3.05, 3.63) is 94.9 Å². The molecule has 8 heteroatoms. The highest BCUT2D eigenvalue weighted by atomic mass is 19.1. The Morgan fingerprint density at radius 1 is 1.05 bits per heavy atom. The number of rotatable bonds is 7. The van der Waals surface area contributed by atoms with Gasteiger partial charge in [-0.05, 0) is 74.2 Å².